The molecule has 21 heavy (non-hydrogen) atoms. The average molecular weight is 351 g/mol. The van der Waals surface area contributed by atoms with E-state index in [0.717, 1.165) is 28.2 Å². The average Bonchev–Trinajstić information content (AvgIpc) is 2.48. The van der Waals surface area contributed by atoms with Crippen LogP contribution < -0.4 is 5.32 Å². The molecule has 110 valence electrons. The highest BCUT2D eigenvalue weighted by molar-refractivity contribution is 9.10. The van der Waals surface area contributed by atoms with Crippen LogP contribution in [-0.2, 0) is 4.74 Å². The van der Waals surface area contributed by atoms with Crippen molar-refractivity contribution in [3.8, 4) is 0 Å². The van der Waals surface area contributed by atoms with Gasteiger partial charge in [-0.3, -0.25) is 4.98 Å². The summed E-state index contributed by atoms with van der Waals surface area (Å²) in [4.78, 5) is 15.7. The van der Waals surface area contributed by atoms with Gasteiger partial charge in [-0.1, -0.05) is 15.9 Å². The molecule has 1 aliphatic heterocycles. The second-order valence-electron chi connectivity index (χ2n) is 5.04. The lowest BCUT2D eigenvalue weighted by atomic mass is 10.1. The molecular weight excluding hydrogens is 336 g/mol. The summed E-state index contributed by atoms with van der Waals surface area (Å²) in [5, 5.41) is 13.6. The largest absolute Gasteiger partial charge is 0.478 e. The highest BCUT2D eigenvalue weighted by atomic mass is 79.9. The van der Waals surface area contributed by atoms with E-state index in [9.17, 15) is 9.90 Å². The maximum atomic E-state index is 11.5. The molecular formula is C15H15BrN2O3. The SMILES string of the molecule is O=C(O)c1cnc2ccc(Br)cc2c1NC1CCOCC1. The van der Waals surface area contributed by atoms with Crippen LogP contribution in [0.15, 0.2) is 28.9 Å². The molecule has 0 amide bonds. The number of fused-ring (bicyclic) bond motifs is 1. The van der Waals surface area contributed by atoms with Crippen molar-refractivity contribution in [2.45, 2.75) is 18.9 Å². The Hall–Kier alpha value is -1.66. The van der Waals surface area contributed by atoms with Gasteiger partial charge >= 0.3 is 5.97 Å². The van der Waals surface area contributed by atoms with Gasteiger partial charge in [0, 0.05) is 35.3 Å². The third-order valence-electron chi connectivity index (χ3n) is 3.63. The lowest BCUT2D eigenvalue weighted by molar-refractivity contribution is 0.0697. The minimum atomic E-state index is -0.973. The number of pyridine rings is 1. The number of nitrogens with one attached hydrogen (secondary N) is 1. The summed E-state index contributed by atoms with van der Waals surface area (Å²) in [6, 6.07) is 5.89. The molecule has 0 radical (unpaired) electrons. The zero-order chi connectivity index (χ0) is 14.8. The van der Waals surface area contributed by atoms with E-state index in [1.165, 1.54) is 6.20 Å². The van der Waals surface area contributed by atoms with Crippen LogP contribution in [0.5, 0.6) is 0 Å². The number of halogens is 1. The van der Waals surface area contributed by atoms with Crippen molar-refractivity contribution < 1.29 is 14.6 Å². The van der Waals surface area contributed by atoms with E-state index in [1.807, 2.05) is 18.2 Å². The van der Waals surface area contributed by atoms with Crippen LogP contribution in [0.3, 0.4) is 0 Å². The number of rotatable bonds is 3. The van der Waals surface area contributed by atoms with Crippen LogP contribution in [0.2, 0.25) is 0 Å². The van der Waals surface area contributed by atoms with Crippen LogP contribution in [0.1, 0.15) is 23.2 Å². The monoisotopic (exact) mass is 350 g/mol. The minimum Gasteiger partial charge on any atom is -0.478 e. The number of carboxylic acid groups (broad SMARTS) is 1. The van der Waals surface area contributed by atoms with Crippen LogP contribution >= 0.6 is 15.9 Å². The van der Waals surface area contributed by atoms with Gasteiger partial charge in [-0.25, -0.2) is 4.79 Å². The maximum Gasteiger partial charge on any atom is 0.339 e. The quantitative estimate of drug-likeness (QED) is 0.888. The molecule has 0 atom stereocenters. The summed E-state index contributed by atoms with van der Waals surface area (Å²) >= 11 is 3.43. The van der Waals surface area contributed by atoms with Crippen molar-refractivity contribution in [2.75, 3.05) is 18.5 Å². The number of ether oxygens (including phenoxy) is 1. The zero-order valence-electron chi connectivity index (χ0n) is 11.3. The highest BCUT2D eigenvalue weighted by Crippen LogP contribution is 2.30. The van der Waals surface area contributed by atoms with Crippen molar-refractivity contribution in [1.29, 1.82) is 0 Å². The summed E-state index contributed by atoms with van der Waals surface area (Å²) < 4.78 is 6.24. The van der Waals surface area contributed by atoms with E-state index >= 15 is 0 Å². The normalized spacial score (nSPS) is 16.0. The molecule has 6 heteroatoms. The van der Waals surface area contributed by atoms with E-state index in [0.29, 0.717) is 18.9 Å². The first-order valence-corrected chi connectivity index (χ1v) is 7.60. The predicted molar refractivity (Wildman–Crippen MR) is 83.9 cm³/mol. The molecule has 0 spiro atoms. The molecule has 2 aromatic rings. The smallest absolute Gasteiger partial charge is 0.339 e. The molecule has 1 aromatic carbocycles. The number of aromatic carboxylic acids is 1. The first kappa shape index (κ1) is 14.3. The van der Waals surface area contributed by atoms with Crippen LogP contribution in [-0.4, -0.2) is 35.3 Å². The van der Waals surface area contributed by atoms with Crippen molar-refractivity contribution in [3.05, 3.63) is 34.4 Å². The third kappa shape index (κ3) is 3.01. The van der Waals surface area contributed by atoms with Crippen LogP contribution in [0.25, 0.3) is 10.9 Å². The number of aromatic nitrogens is 1. The van der Waals surface area contributed by atoms with Gasteiger partial charge in [0.2, 0.25) is 0 Å². The number of hydrogen-bond acceptors (Lipinski definition) is 4. The molecule has 3 rings (SSSR count). The Bertz CT molecular complexity index is 684. The second kappa shape index (κ2) is 5.99. The topological polar surface area (TPSA) is 71.5 Å². The van der Waals surface area contributed by atoms with Gasteiger partial charge in [0.25, 0.3) is 0 Å². The number of nitrogens with zero attached hydrogens (tertiary/aromatic N) is 1. The summed E-state index contributed by atoms with van der Waals surface area (Å²) in [5.41, 5.74) is 1.62. The molecule has 1 aliphatic rings. The molecule has 0 unspecified atom stereocenters. The van der Waals surface area contributed by atoms with E-state index in [4.69, 9.17) is 4.74 Å². The molecule has 0 saturated carbocycles. The predicted octanol–water partition coefficient (Wildman–Crippen LogP) is 3.29. The van der Waals surface area contributed by atoms with Crippen molar-refractivity contribution in [3.63, 3.8) is 0 Å². The van der Waals surface area contributed by atoms with Crippen LogP contribution in [0.4, 0.5) is 5.69 Å². The zero-order valence-corrected chi connectivity index (χ0v) is 12.9. The van der Waals surface area contributed by atoms with Crippen molar-refractivity contribution in [2.24, 2.45) is 0 Å². The first-order valence-electron chi connectivity index (χ1n) is 6.81. The van der Waals surface area contributed by atoms with Crippen molar-refractivity contribution in [1.82, 2.24) is 4.98 Å². The molecule has 5 nitrogen and oxygen atoms in total. The van der Waals surface area contributed by atoms with Gasteiger partial charge in [-0.15, -0.1) is 0 Å². The minimum absolute atomic E-state index is 0.201. The van der Waals surface area contributed by atoms with Gasteiger partial charge < -0.3 is 15.2 Å². The Balaban J connectivity index is 2.08. The van der Waals surface area contributed by atoms with Gasteiger partial charge in [0.15, 0.2) is 0 Å². The Morgan fingerprint density at radius 2 is 2.14 bits per heavy atom. The van der Waals surface area contributed by atoms with Crippen molar-refractivity contribution >= 4 is 38.5 Å². The summed E-state index contributed by atoms with van der Waals surface area (Å²) in [5.74, 6) is -0.973. The summed E-state index contributed by atoms with van der Waals surface area (Å²) in [7, 11) is 0. The van der Waals surface area contributed by atoms with Crippen LogP contribution in [0, 0.1) is 0 Å². The Morgan fingerprint density at radius 3 is 2.86 bits per heavy atom. The van der Waals surface area contributed by atoms with E-state index in [2.05, 4.69) is 26.2 Å². The van der Waals surface area contributed by atoms with Gasteiger partial charge in [0.1, 0.15) is 5.56 Å². The number of hydrogen-bond donors (Lipinski definition) is 2. The fourth-order valence-corrected chi connectivity index (χ4v) is 2.89. The lowest BCUT2D eigenvalue weighted by Crippen LogP contribution is -2.28. The molecule has 2 heterocycles. The maximum absolute atomic E-state index is 11.5. The Morgan fingerprint density at radius 1 is 1.38 bits per heavy atom. The fraction of sp³-hybridized carbons (Fsp3) is 0.333. The number of carbonyl (C=O) groups is 1. The summed E-state index contributed by atoms with van der Waals surface area (Å²) in [6.45, 7) is 1.40. The molecule has 1 aromatic heterocycles. The molecule has 2 N–H and O–H groups in total. The lowest BCUT2D eigenvalue weighted by Gasteiger charge is -2.25. The fourth-order valence-electron chi connectivity index (χ4n) is 2.53. The van der Waals surface area contributed by atoms with Gasteiger partial charge in [0.05, 0.1) is 11.2 Å². The first-order chi connectivity index (χ1) is 10.1. The number of carboxylic acids is 1. The Kier molecular flexibility index (Phi) is 4.07. The number of benzene rings is 1. The molecule has 0 aliphatic carbocycles. The van der Waals surface area contributed by atoms with E-state index < -0.39 is 5.97 Å². The highest BCUT2D eigenvalue weighted by Gasteiger charge is 2.20. The molecule has 1 fully saturated rings. The Labute approximate surface area is 130 Å². The number of anilines is 1. The summed E-state index contributed by atoms with van der Waals surface area (Å²) in [6.07, 6.45) is 3.16. The standard InChI is InChI=1S/C15H15BrN2O3/c16-9-1-2-13-11(7-9)14(12(8-17-13)15(19)20)18-10-3-5-21-6-4-10/h1-2,7-8,10H,3-6H2,(H,17,18)(H,19,20). The van der Waals surface area contributed by atoms with E-state index in [1.54, 1.807) is 0 Å². The third-order valence-corrected chi connectivity index (χ3v) is 4.12. The van der Waals surface area contributed by atoms with Gasteiger partial charge in [-0.05, 0) is 31.0 Å². The van der Waals surface area contributed by atoms with E-state index in [-0.39, 0.29) is 11.6 Å². The van der Waals surface area contributed by atoms with Gasteiger partial charge in [-0.2, -0.15) is 0 Å². The molecule has 1 saturated heterocycles. The molecule has 0 bridgehead atoms. The second-order valence-corrected chi connectivity index (χ2v) is 5.96.